The van der Waals surface area contributed by atoms with E-state index in [1.807, 2.05) is 29.6 Å². The summed E-state index contributed by atoms with van der Waals surface area (Å²) in [7, 11) is 0. The molecule has 9 heteroatoms. The molecule has 0 saturated carbocycles. The number of rotatable bonds is 5. The predicted molar refractivity (Wildman–Crippen MR) is 121 cm³/mol. The first-order valence-electron chi connectivity index (χ1n) is 9.69. The molecule has 1 aliphatic heterocycles. The number of fused-ring (bicyclic) bond motifs is 1. The van der Waals surface area contributed by atoms with Gasteiger partial charge in [0.2, 0.25) is 11.8 Å². The summed E-state index contributed by atoms with van der Waals surface area (Å²) in [4.78, 5) is 28.1. The van der Waals surface area contributed by atoms with E-state index in [2.05, 4.69) is 15.6 Å². The van der Waals surface area contributed by atoms with E-state index in [4.69, 9.17) is 21.1 Å². The van der Waals surface area contributed by atoms with Crippen LogP contribution in [0.4, 0.5) is 10.8 Å². The Morgan fingerprint density at radius 3 is 2.68 bits per heavy atom. The van der Waals surface area contributed by atoms with Crippen molar-refractivity contribution in [3.05, 3.63) is 52.4 Å². The summed E-state index contributed by atoms with van der Waals surface area (Å²) >= 11 is 7.65. The van der Waals surface area contributed by atoms with E-state index in [1.165, 1.54) is 18.3 Å². The number of hydrogen-bond acceptors (Lipinski definition) is 6. The number of anilines is 2. The van der Waals surface area contributed by atoms with Gasteiger partial charge in [0.1, 0.15) is 0 Å². The maximum Gasteiger partial charge on any atom is 0.230 e. The third-order valence-corrected chi connectivity index (χ3v) is 5.52. The molecule has 0 radical (unpaired) electrons. The van der Waals surface area contributed by atoms with Crippen molar-refractivity contribution in [3.8, 4) is 22.8 Å². The first-order chi connectivity index (χ1) is 15.0. The maximum atomic E-state index is 12.5. The van der Waals surface area contributed by atoms with Crippen molar-refractivity contribution in [3.63, 3.8) is 0 Å². The number of aromatic nitrogens is 1. The third kappa shape index (κ3) is 5.34. The van der Waals surface area contributed by atoms with Gasteiger partial charge in [0, 0.05) is 30.0 Å². The molecule has 7 nitrogen and oxygen atoms in total. The number of amides is 2. The fourth-order valence-electron chi connectivity index (χ4n) is 3.13. The molecule has 4 rings (SSSR count). The second-order valence-corrected chi connectivity index (χ2v) is 8.24. The zero-order valence-electron chi connectivity index (χ0n) is 16.7. The van der Waals surface area contributed by atoms with E-state index in [0.29, 0.717) is 40.6 Å². The lowest BCUT2D eigenvalue weighted by Crippen LogP contribution is -2.14. The highest BCUT2D eigenvalue weighted by molar-refractivity contribution is 7.14. The fraction of sp³-hybridized carbons (Fsp3) is 0.227. The third-order valence-electron chi connectivity index (χ3n) is 4.48. The molecule has 2 heterocycles. The zero-order valence-corrected chi connectivity index (χ0v) is 18.3. The van der Waals surface area contributed by atoms with E-state index >= 15 is 0 Å². The van der Waals surface area contributed by atoms with Crippen LogP contribution in [0.15, 0.2) is 41.8 Å². The minimum Gasteiger partial charge on any atom is -0.489 e. The largest absolute Gasteiger partial charge is 0.489 e. The molecule has 2 amide bonds. The van der Waals surface area contributed by atoms with Crippen molar-refractivity contribution in [1.82, 2.24) is 4.98 Å². The van der Waals surface area contributed by atoms with Crippen LogP contribution in [-0.4, -0.2) is 30.0 Å². The van der Waals surface area contributed by atoms with Crippen LogP contribution in [0.3, 0.4) is 0 Å². The van der Waals surface area contributed by atoms with Gasteiger partial charge in [-0.25, -0.2) is 4.98 Å². The molecule has 1 aliphatic rings. The summed E-state index contributed by atoms with van der Waals surface area (Å²) in [6.45, 7) is 2.56. The van der Waals surface area contributed by atoms with E-state index in [-0.39, 0.29) is 18.2 Å². The minimum absolute atomic E-state index is 0.124. The van der Waals surface area contributed by atoms with Crippen molar-refractivity contribution in [2.24, 2.45) is 0 Å². The Morgan fingerprint density at radius 1 is 1.13 bits per heavy atom. The van der Waals surface area contributed by atoms with Crippen LogP contribution in [-0.2, 0) is 16.0 Å². The first-order valence-corrected chi connectivity index (χ1v) is 10.9. The van der Waals surface area contributed by atoms with Crippen LogP contribution < -0.4 is 20.1 Å². The highest BCUT2D eigenvalue weighted by Crippen LogP contribution is 2.38. The van der Waals surface area contributed by atoms with Gasteiger partial charge in [-0.3, -0.25) is 9.59 Å². The maximum absolute atomic E-state index is 12.5. The molecule has 160 valence electrons. The van der Waals surface area contributed by atoms with Crippen molar-refractivity contribution < 1.29 is 19.1 Å². The van der Waals surface area contributed by atoms with Gasteiger partial charge in [0.25, 0.3) is 0 Å². The number of nitrogens with zero attached hydrogens (tertiary/aromatic N) is 1. The molecule has 3 aromatic rings. The Balaban J connectivity index is 1.41. The molecule has 2 aromatic carbocycles. The van der Waals surface area contributed by atoms with Crippen LogP contribution in [0.1, 0.15) is 18.9 Å². The van der Waals surface area contributed by atoms with Gasteiger partial charge in [-0.15, -0.1) is 11.3 Å². The van der Waals surface area contributed by atoms with E-state index < -0.39 is 0 Å². The summed E-state index contributed by atoms with van der Waals surface area (Å²) in [5, 5.41) is 8.36. The molecule has 0 aliphatic carbocycles. The summed E-state index contributed by atoms with van der Waals surface area (Å²) in [6.07, 6.45) is 0.917. The van der Waals surface area contributed by atoms with Gasteiger partial charge in [-0.05, 0) is 29.8 Å². The molecule has 0 spiro atoms. The highest BCUT2D eigenvalue weighted by Gasteiger charge is 2.17. The van der Waals surface area contributed by atoms with Gasteiger partial charge < -0.3 is 20.1 Å². The summed E-state index contributed by atoms with van der Waals surface area (Å²) < 4.78 is 11.3. The molecule has 31 heavy (non-hydrogen) atoms. The Hall–Kier alpha value is -3.10. The van der Waals surface area contributed by atoms with Crippen molar-refractivity contribution in [2.75, 3.05) is 23.8 Å². The number of ether oxygens (including phenoxy) is 2. The van der Waals surface area contributed by atoms with Gasteiger partial charge in [-0.2, -0.15) is 0 Å². The Bertz CT molecular complexity index is 1110. The highest BCUT2D eigenvalue weighted by atomic mass is 35.5. The first kappa shape index (κ1) is 21.1. The summed E-state index contributed by atoms with van der Waals surface area (Å²) in [5.74, 6) is 0.762. The summed E-state index contributed by atoms with van der Waals surface area (Å²) in [6, 6.07) is 10.9. The van der Waals surface area contributed by atoms with Gasteiger partial charge >= 0.3 is 0 Å². The van der Waals surface area contributed by atoms with Crippen molar-refractivity contribution in [1.29, 1.82) is 0 Å². The normalized spacial score (nSPS) is 12.7. The standard InChI is InChI=1S/C22H20ClN3O4S/c1-13(27)24-16-5-3-15(4-6-16)18-12-31-22(25-18)26-20(28)11-14-9-17(23)21-19(10-14)29-7-2-8-30-21/h3-6,9-10,12H,2,7-8,11H2,1H3,(H,24,27)(H,25,26,28). The molecule has 0 saturated heterocycles. The fourth-order valence-corrected chi connectivity index (χ4v) is 4.15. The predicted octanol–water partition coefficient (Wildman–Crippen LogP) is 4.76. The van der Waals surface area contributed by atoms with Crippen molar-refractivity contribution in [2.45, 2.75) is 19.8 Å². The number of nitrogens with one attached hydrogen (secondary N) is 2. The Morgan fingerprint density at radius 2 is 1.90 bits per heavy atom. The van der Waals surface area contributed by atoms with Crippen LogP contribution in [0.5, 0.6) is 11.5 Å². The lowest BCUT2D eigenvalue weighted by Gasteiger charge is -2.11. The van der Waals surface area contributed by atoms with E-state index in [1.54, 1.807) is 12.1 Å². The van der Waals surface area contributed by atoms with Gasteiger partial charge in [-0.1, -0.05) is 23.7 Å². The number of hydrogen-bond donors (Lipinski definition) is 2. The molecule has 0 fully saturated rings. The number of halogens is 1. The average Bonchev–Trinajstić information content (AvgIpc) is 3.04. The Kier molecular flexibility index (Phi) is 6.39. The molecular weight excluding hydrogens is 438 g/mol. The summed E-state index contributed by atoms with van der Waals surface area (Å²) in [5.41, 5.74) is 3.08. The smallest absolute Gasteiger partial charge is 0.230 e. The van der Waals surface area contributed by atoms with E-state index in [9.17, 15) is 9.59 Å². The molecule has 0 bridgehead atoms. The molecule has 1 aromatic heterocycles. The minimum atomic E-state index is -0.201. The van der Waals surface area contributed by atoms with Gasteiger partial charge in [0.05, 0.1) is 30.4 Å². The monoisotopic (exact) mass is 457 g/mol. The topological polar surface area (TPSA) is 89.6 Å². The van der Waals surface area contributed by atoms with Gasteiger partial charge in [0.15, 0.2) is 16.6 Å². The Labute approximate surface area is 188 Å². The lowest BCUT2D eigenvalue weighted by molar-refractivity contribution is -0.116. The van der Waals surface area contributed by atoms with Crippen LogP contribution in [0.2, 0.25) is 5.02 Å². The second-order valence-electron chi connectivity index (χ2n) is 6.98. The second kappa shape index (κ2) is 9.36. The number of benzene rings is 2. The van der Waals surface area contributed by atoms with Crippen molar-refractivity contribution >= 4 is 45.6 Å². The SMILES string of the molecule is CC(=O)Nc1ccc(-c2csc(NC(=O)Cc3cc(Cl)c4c(c3)OCCCO4)n2)cc1. The van der Waals surface area contributed by atoms with Crippen LogP contribution >= 0.6 is 22.9 Å². The van der Waals surface area contributed by atoms with Crippen LogP contribution in [0.25, 0.3) is 11.3 Å². The number of carbonyl (C=O) groups excluding carboxylic acids is 2. The van der Waals surface area contributed by atoms with Crippen LogP contribution in [0, 0.1) is 0 Å². The average molecular weight is 458 g/mol. The molecular formula is C22H20ClN3O4S. The molecule has 2 N–H and O–H groups in total. The quantitative estimate of drug-likeness (QED) is 0.576. The number of thiazole rings is 1. The number of carbonyl (C=O) groups is 2. The lowest BCUT2D eigenvalue weighted by atomic mass is 10.1. The molecule has 0 unspecified atom stereocenters. The molecule has 0 atom stereocenters. The zero-order chi connectivity index (χ0) is 21.8. The van der Waals surface area contributed by atoms with E-state index in [0.717, 1.165) is 23.2 Å².